The van der Waals surface area contributed by atoms with Gasteiger partial charge in [0.15, 0.2) is 0 Å². The summed E-state index contributed by atoms with van der Waals surface area (Å²) in [5.74, 6) is -1.21. The van der Waals surface area contributed by atoms with Crippen LogP contribution in [0.1, 0.15) is 30.6 Å². The molecular weight excluding hydrogens is 246 g/mol. The Balaban J connectivity index is 2.98. The highest BCUT2D eigenvalue weighted by molar-refractivity contribution is 5.95. The van der Waals surface area contributed by atoms with E-state index in [0.717, 1.165) is 0 Å². The molecule has 1 unspecified atom stereocenters. The van der Waals surface area contributed by atoms with Crippen LogP contribution in [0.5, 0.6) is 0 Å². The van der Waals surface area contributed by atoms with Crippen LogP contribution in [0.2, 0.25) is 0 Å². The second kappa shape index (κ2) is 6.89. The zero-order valence-electron chi connectivity index (χ0n) is 11.2. The summed E-state index contributed by atoms with van der Waals surface area (Å²) in [7, 11) is 0. The first-order valence-corrected chi connectivity index (χ1v) is 6.26. The van der Waals surface area contributed by atoms with E-state index in [1.165, 1.54) is 17.0 Å². The number of amides is 1. The molecule has 1 atom stereocenters. The lowest BCUT2D eigenvalue weighted by atomic mass is 10.1. The van der Waals surface area contributed by atoms with Crippen molar-refractivity contribution in [2.75, 3.05) is 18.1 Å². The molecule has 1 aromatic carbocycles. The topological polar surface area (TPSA) is 77.8 Å². The van der Waals surface area contributed by atoms with Crippen molar-refractivity contribution in [2.45, 2.75) is 20.3 Å². The van der Waals surface area contributed by atoms with Crippen LogP contribution in [-0.4, -0.2) is 35.2 Å². The third-order valence-electron chi connectivity index (χ3n) is 3.05. The number of aromatic carboxylic acids is 1. The molecule has 0 aliphatic carbocycles. The van der Waals surface area contributed by atoms with E-state index in [1.807, 2.05) is 13.8 Å². The van der Waals surface area contributed by atoms with Gasteiger partial charge in [0.05, 0.1) is 12.2 Å². The first kappa shape index (κ1) is 15.2. The molecule has 5 heteroatoms. The second-order valence-corrected chi connectivity index (χ2v) is 4.37. The summed E-state index contributed by atoms with van der Waals surface area (Å²) in [6, 6.07) is 6.07. The highest BCUT2D eigenvalue weighted by atomic mass is 16.4. The molecule has 0 bridgehead atoms. The number of rotatable bonds is 6. The van der Waals surface area contributed by atoms with Crippen molar-refractivity contribution in [3.05, 3.63) is 29.8 Å². The molecule has 0 spiro atoms. The van der Waals surface area contributed by atoms with Gasteiger partial charge < -0.3 is 15.1 Å². The Morgan fingerprint density at radius 3 is 2.26 bits per heavy atom. The number of carbonyl (C=O) groups is 2. The van der Waals surface area contributed by atoms with Crippen LogP contribution in [0, 0.1) is 5.92 Å². The fourth-order valence-electron chi connectivity index (χ4n) is 1.69. The number of anilines is 1. The van der Waals surface area contributed by atoms with Gasteiger partial charge in [-0.1, -0.05) is 13.8 Å². The van der Waals surface area contributed by atoms with Crippen LogP contribution in [-0.2, 0) is 4.79 Å². The maximum absolute atomic E-state index is 12.2. The van der Waals surface area contributed by atoms with Crippen molar-refractivity contribution in [3.8, 4) is 0 Å². The van der Waals surface area contributed by atoms with E-state index in [9.17, 15) is 9.59 Å². The molecular formula is C14H19NO4. The molecule has 2 N–H and O–H groups in total. The monoisotopic (exact) mass is 265 g/mol. The van der Waals surface area contributed by atoms with E-state index < -0.39 is 5.97 Å². The van der Waals surface area contributed by atoms with Gasteiger partial charge in [-0.3, -0.25) is 4.79 Å². The Morgan fingerprint density at radius 1 is 1.26 bits per heavy atom. The summed E-state index contributed by atoms with van der Waals surface area (Å²) in [6.07, 6.45) is 0.716. The predicted molar refractivity (Wildman–Crippen MR) is 72.3 cm³/mol. The maximum Gasteiger partial charge on any atom is 0.335 e. The van der Waals surface area contributed by atoms with E-state index in [-0.39, 0.29) is 30.5 Å². The van der Waals surface area contributed by atoms with Gasteiger partial charge in [0.1, 0.15) is 0 Å². The Kier molecular flexibility index (Phi) is 5.51. The lowest BCUT2D eigenvalue weighted by Gasteiger charge is -2.24. The van der Waals surface area contributed by atoms with Gasteiger partial charge in [-0.05, 0) is 30.7 Å². The Hall–Kier alpha value is -1.88. The fourth-order valence-corrected chi connectivity index (χ4v) is 1.69. The van der Waals surface area contributed by atoms with Crippen molar-refractivity contribution in [3.63, 3.8) is 0 Å². The molecule has 0 saturated carbocycles. The molecule has 0 heterocycles. The van der Waals surface area contributed by atoms with Crippen LogP contribution in [0.25, 0.3) is 0 Å². The summed E-state index contributed by atoms with van der Waals surface area (Å²) in [5.41, 5.74) is 0.771. The van der Waals surface area contributed by atoms with Crippen LogP contribution in [0.3, 0.4) is 0 Å². The Bertz CT molecular complexity index is 441. The first-order chi connectivity index (χ1) is 9.01. The third kappa shape index (κ3) is 3.79. The van der Waals surface area contributed by atoms with E-state index >= 15 is 0 Å². The van der Waals surface area contributed by atoms with Gasteiger partial charge in [-0.2, -0.15) is 0 Å². The molecule has 1 aromatic rings. The summed E-state index contributed by atoms with van der Waals surface area (Å²) < 4.78 is 0. The van der Waals surface area contributed by atoms with Crippen molar-refractivity contribution in [2.24, 2.45) is 5.92 Å². The van der Waals surface area contributed by atoms with Crippen LogP contribution in [0.15, 0.2) is 24.3 Å². The van der Waals surface area contributed by atoms with Gasteiger partial charge in [-0.25, -0.2) is 4.79 Å². The standard InChI is InChI=1S/C14H19NO4/c1-3-10(2)13(17)15(8-9-16)12-6-4-11(5-7-12)14(18)19/h4-7,10,16H,3,8-9H2,1-2H3,(H,18,19). The predicted octanol–water partition coefficient (Wildman–Crippen LogP) is 1.76. The van der Waals surface area contributed by atoms with Crippen molar-refractivity contribution < 1.29 is 19.8 Å². The number of carboxylic acid groups (broad SMARTS) is 1. The minimum atomic E-state index is -1.01. The normalized spacial score (nSPS) is 11.9. The Labute approximate surface area is 112 Å². The Morgan fingerprint density at radius 2 is 1.84 bits per heavy atom. The average molecular weight is 265 g/mol. The van der Waals surface area contributed by atoms with Crippen molar-refractivity contribution in [1.82, 2.24) is 0 Å². The summed E-state index contributed by atoms with van der Waals surface area (Å²) in [4.78, 5) is 24.4. The quantitative estimate of drug-likeness (QED) is 0.821. The molecule has 0 aromatic heterocycles. The van der Waals surface area contributed by atoms with Gasteiger partial charge in [-0.15, -0.1) is 0 Å². The molecule has 19 heavy (non-hydrogen) atoms. The van der Waals surface area contributed by atoms with E-state index in [1.54, 1.807) is 12.1 Å². The lowest BCUT2D eigenvalue weighted by molar-refractivity contribution is -0.122. The van der Waals surface area contributed by atoms with Gasteiger partial charge in [0.25, 0.3) is 0 Å². The number of carboxylic acids is 1. The number of hydrogen-bond acceptors (Lipinski definition) is 3. The molecule has 0 saturated heterocycles. The summed E-state index contributed by atoms with van der Waals surface area (Å²) in [6.45, 7) is 3.82. The summed E-state index contributed by atoms with van der Waals surface area (Å²) >= 11 is 0. The molecule has 0 radical (unpaired) electrons. The molecule has 0 fully saturated rings. The third-order valence-corrected chi connectivity index (χ3v) is 3.05. The smallest absolute Gasteiger partial charge is 0.335 e. The van der Waals surface area contributed by atoms with Gasteiger partial charge in [0, 0.05) is 18.2 Å². The molecule has 0 aliphatic heterocycles. The molecule has 1 amide bonds. The average Bonchev–Trinajstić information content (AvgIpc) is 2.43. The van der Waals surface area contributed by atoms with Crippen molar-refractivity contribution in [1.29, 1.82) is 0 Å². The van der Waals surface area contributed by atoms with E-state index in [4.69, 9.17) is 10.2 Å². The SMILES string of the molecule is CCC(C)C(=O)N(CCO)c1ccc(C(=O)O)cc1. The maximum atomic E-state index is 12.2. The number of carbonyl (C=O) groups excluding carboxylic acids is 1. The highest BCUT2D eigenvalue weighted by Gasteiger charge is 2.20. The molecule has 0 aliphatic rings. The van der Waals surface area contributed by atoms with Crippen LogP contribution in [0.4, 0.5) is 5.69 Å². The lowest BCUT2D eigenvalue weighted by Crippen LogP contribution is -2.37. The minimum absolute atomic E-state index is 0.0698. The number of hydrogen-bond donors (Lipinski definition) is 2. The van der Waals surface area contributed by atoms with Crippen LogP contribution >= 0.6 is 0 Å². The number of nitrogens with zero attached hydrogens (tertiary/aromatic N) is 1. The number of aliphatic hydroxyl groups is 1. The largest absolute Gasteiger partial charge is 0.478 e. The number of benzene rings is 1. The number of aliphatic hydroxyl groups excluding tert-OH is 1. The van der Waals surface area contributed by atoms with Gasteiger partial charge in [0.2, 0.25) is 5.91 Å². The first-order valence-electron chi connectivity index (χ1n) is 6.26. The highest BCUT2D eigenvalue weighted by Crippen LogP contribution is 2.18. The van der Waals surface area contributed by atoms with Gasteiger partial charge >= 0.3 is 5.97 Å². The molecule has 1 rings (SSSR count). The van der Waals surface area contributed by atoms with Crippen molar-refractivity contribution >= 4 is 17.6 Å². The molecule has 5 nitrogen and oxygen atoms in total. The van der Waals surface area contributed by atoms with E-state index in [2.05, 4.69) is 0 Å². The molecule has 104 valence electrons. The summed E-state index contributed by atoms with van der Waals surface area (Å²) in [5, 5.41) is 17.9. The zero-order chi connectivity index (χ0) is 14.4. The second-order valence-electron chi connectivity index (χ2n) is 4.37. The fraction of sp³-hybridized carbons (Fsp3) is 0.429. The van der Waals surface area contributed by atoms with E-state index in [0.29, 0.717) is 12.1 Å². The zero-order valence-corrected chi connectivity index (χ0v) is 11.2. The minimum Gasteiger partial charge on any atom is -0.478 e. The van der Waals surface area contributed by atoms with Crippen LogP contribution < -0.4 is 4.90 Å².